The van der Waals surface area contributed by atoms with Crippen LogP contribution in [0.1, 0.15) is 22.0 Å². The number of carbonyl (C=O) groups is 2. The largest absolute Gasteiger partial charge is 0.478 e. The zero-order valence-corrected chi connectivity index (χ0v) is 11.6. The van der Waals surface area contributed by atoms with E-state index in [4.69, 9.17) is 28.3 Å². The van der Waals surface area contributed by atoms with Gasteiger partial charge >= 0.3 is 5.97 Å². The number of halogens is 3. The third-order valence-electron chi connectivity index (χ3n) is 2.57. The molecule has 0 aliphatic carbocycles. The fraction of sp³-hybridized carbons (Fsp3) is 0.333. The number of carbonyl (C=O) groups excluding carboxylic acids is 1. The number of hydrogen-bond acceptors (Lipinski definition) is 3. The van der Waals surface area contributed by atoms with Crippen molar-refractivity contribution in [2.75, 3.05) is 6.67 Å². The monoisotopic (exact) mass is 323 g/mol. The number of benzene rings is 1. The maximum absolute atomic E-state index is 12.9. The minimum absolute atomic E-state index is 0.0309. The van der Waals surface area contributed by atoms with Gasteiger partial charge in [0.05, 0.1) is 11.6 Å². The van der Waals surface area contributed by atoms with Crippen LogP contribution in [-0.2, 0) is 4.79 Å². The molecule has 0 saturated carbocycles. The van der Waals surface area contributed by atoms with E-state index in [9.17, 15) is 19.1 Å². The fourth-order valence-corrected chi connectivity index (χ4v) is 1.63. The molecule has 0 heterocycles. The van der Waals surface area contributed by atoms with E-state index < -0.39 is 35.5 Å². The zero-order valence-electron chi connectivity index (χ0n) is 10.1. The Morgan fingerprint density at radius 2 is 1.80 bits per heavy atom. The molecule has 5 nitrogen and oxygen atoms in total. The second-order valence-electron chi connectivity index (χ2n) is 3.94. The van der Waals surface area contributed by atoms with Crippen LogP contribution in [0.5, 0.6) is 0 Å². The number of alkyl halides is 3. The minimum Gasteiger partial charge on any atom is -0.478 e. The van der Waals surface area contributed by atoms with Crippen LogP contribution in [0, 0.1) is 0 Å². The quantitative estimate of drug-likeness (QED) is 0.695. The van der Waals surface area contributed by atoms with E-state index in [1.165, 1.54) is 24.3 Å². The van der Waals surface area contributed by atoms with Crippen molar-refractivity contribution in [3.05, 3.63) is 35.4 Å². The molecule has 1 unspecified atom stereocenters. The zero-order chi connectivity index (χ0) is 15.3. The molecule has 1 aromatic carbocycles. The number of carboxylic acids is 1. The second-order valence-corrected chi connectivity index (χ2v) is 5.04. The summed E-state index contributed by atoms with van der Waals surface area (Å²) in [4.78, 5) is 20.6. The molecule has 1 amide bonds. The second kappa shape index (κ2) is 7.42. The van der Waals surface area contributed by atoms with Crippen LogP contribution in [0.2, 0.25) is 0 Å². The van der Waals surface area contributed by atoms with Crippen LogP contribution in [0.3, 0.4) is 0 Å². The van der Waals surface area contributed by atoms with E-state index in [1.807, 2.05) is 0 Å². The number of aliphatic hydroxyl groups is 1. The fourth-order valence-electron chi connectivity index (χ4n) is 1.50. The Bertz CT molecular complexity index is 481. The van der Waals surface area contributed by atoms with Crippen LogP contribution in [0.15, 0.2) is 24.3 Å². The molecule has 0 aromatic heterocycles. The number of nitrogens with one attached hydrogen (secondary N) is 1. The molecule has 0 aliphatic heterocycles. The van der Waals surface area contributed by atoms with Crippen molar-refractivity contribution in [3.8, 4) is 0 Å². The van der Waals surface area contributed by atoms with E-state index in [0.29, 0.717) is 0 Å². The summed E-state index contributed by atoms with van der Waals surface area (Å²) >= 11 is 10.6. The van der Waals surface area contributed by atoms with Crippen LogP contribution in [0.4, 0.5) is 4.39 Å². The molecule has 0 aliphatic rings. The number of carboxylic acid groups (broad SMARTS) is 1. The number of hydrogen-bond donors (Lipinski definition) is 3. The van der Waals surface area contributed by atoms with E-state index in [2.05, 4.69) is 5.32 Å². The van der Waals surface area contributed by atoms with Crippen molar-refractivity contribution in [2.24, 2.45) is 0 Å². The summed E-state index contributed by atoms with van der Waals surface area (Å²) in [6, 6.07) is 3.98. The number of aliphatic hydroxyl groups excluding tert-OH is 1. The van der Waals surface area contributed by atoms with Crippen molar-refractivity contribution in [1.82, 2.24) is 5.32 Å². The molecule has 0 radical (unpaired) electrons. The summed E-state index contributed by atoms with van der Waals surface area (Å²) < 4.78 is 12.9. The summed E-state index contributed by atoms with van der Waals surface area (Å²) in [5, 5.41) is 20.9. The van der Waals surface area contributed by atoms with E-state index in [1.54, 1.807) is 0 Å². The molecule has 2 atom stereocenters. The molecule has 0 saturated heterocycles. The van der Waals surface area contributed by atoms with Crippen LogP contribution in [-0.4, -0.2) is 39.6 Å². The van der Waals surface area contributed by atoms with Crippen molar-refractivity contribution in [2.45, 2.75) is 17.0 Å². The smallest absolute Gasteiger partial charge is 0.335 e. The Kier molecular flexibility index (Phi) is 6.19. The SMILES string of the molecule is O=C(O)c1ccc([C@@H](O)C(CF)NC(=O)C(Cl)Cl)cc1. The lowest BCUT2D eigenvalue weighted by Crippen LogP contribution is -2.43. The Hall–Kier alpha value is -1.37. The molecule has 3 N–H and O–H groups in total. The highest BCUT2D eigenvalue weighted by Gasteiger charge is 2.25. The third kappa shape index (κ3) is 4.33. The van der Waals surface area contributed by atoms with Gasteiger partial charge in [0.15, 0.2) is 4.84 Å². The topological polar surface area (TPSA) is 86.6 Å². The molecule has 110 valence electrons. The summed E-state index contributed by atoms with van der Waals surface area (Å²) in [6.45, 7) is -1.03. The van der Waals surface area contributed by atoms with Gasteiger partial charge in [0, 0.05) is 0 Å². The van der Waals surface area contributed by atoms with Crippen LogP contribution in [0.25, 0.3) is 0 Å². The molecule has 0 bridgehead atoms. The van der Waals surface area contributed by atoms with Crippen molar-refractivity contribution < 1.29 is 24.2 Å². The number of amides is 1. The van der Waals surface area contributed by atoms with Crippen molar-refractivity contribution in [3.63, 3.8) is 0 Å². The maximum Gasteiger partial charge on any atom is 0.335 e. The predicted molar refractivity (Wildman–Crippen MR) is 71.8 cm³/mol. The third-order valence-corrected chi connectivity index (χ3v) is 2.97. The average molecular weight is 324 g/mol. The van der Waals surface area contributed by atoms with Gasteiger partial charge < -0.3 is 15.5 Å². The highest BCUT2D eigenvalue weighted by atomic mass is 35.5. The van der Waals surface area contributed by atoms with Crippen molar-refractivity contribution >= 4 is 35.1 Å². The lowest BCUT2D eigenvalue weighted by molar-refractivity contribution is -0.121. The Morgan fingerprint density at radius 3 is 2.20 bits per heavy atom. The first-order chi connectivity index (χ1) is 9.36. The summed E-state index contributed by atoms with van der Waals surface area (Å²) in [5.41, 5.74) is 0.294. The minimum atomic E-state index is -1.37. The molecule has 20 heavy (non-hydrogen) atoms. The Labute approximate surface area is 124 Å². The van der Waals surface area contributed by atoms with Gasteiger partial charge in [-0.1, -0.05) is 35.3 Å². The molecule has 1 rings (SSSR count). The Balaban J connectivity index is 2.82. The van der Waals surface area contributed by atoms with Gasteiger partial charge in [0.1, 0.15) is 12.8 Å². The van der Waals surface area contributed by atoms with E-state index in [-0.39, 0.29) is 11.1 Å². The van der Waals surface area contributed by atoms with Gasteiger partial charge in [-0.2, -0.15) is 0 Å². The molecule has 1 aromatic rings. The normalized spacial score (nSPS) is 13.8. The lowest BCUT2D eigenvalue weighted by Gasteiger charge is -2.22. The standard InChI is InChI=1S/C12H12Cl2FNO4/c13-10(14)11(18)16-8(5-15)9(17)6-1-3-7(4-2-6)12(19)20/h1-4,8-10,17H,5H2,(H,16,18)(H,19,20)/t8?,9-/m1/s1. The number of aromatic carboxylic acids is 1. The van der Waals surface area contributed by atoms with E-state index >= 15 is 0 Å². The van der Waals surface area contributed by atoms with Gasteiger partial charge in [-0.15, -0.1) is 0 Å². The summed E-state index contributed by atoms with van der Waals surface area (Å²) in [7, 11) is 0. The van der Waals surface area contributed by atoms with Crippen LogP contribution >= 0.6 is 23.2 Å². The molecule has 8 heteroatoms. The van der Waals surface area contributed by atoms with Gasteiger partial charge in [-0.05, 0) is 17.7 Å². The first-order valence-electron chi connectivity index (χ1n) is 5.52. The predicted octanol–water partition coefficient (Wildman–Crippen LogP) is 1.68. The van der Waals surface area contributed by atoms with E-state index in [0.717, 1.165) is 0 Å². The summed E-state index contributed by atoms with van der Waals surface area (Å²) in [5.74, 6) is -1.94. The van der Waals surface area contributed by atoms with Gasteiger partial charge in [0.2, 0.25) is 0 Å². The molecule has 0 fully saturated rings. The summed E-state index contributed by atoms with van der Waals surface area (Å²) in [6.07, 6.45) is -1.35. The molecular weight excluding hydrogens is 312 g/mol. The first-order valence-corrected chi connectivity index (χ1v) is 6.40. The highest BCUT2D eigenvalue weighted by molar-refractivity contribution is 6.53. The molecule has 0 spiro atoms. The lowest BCUT2D eigenvalue weighted by atomic mass is 10.0. The highest BCUT2D eigenvalue weighted by Crippen LogP contribution is 2.19. The van der Waals surface area contributed by atoms with Gasteiger partial charge in [-0.3, -0.25) is 4.79 Å². The number of rotatable bonds is 6. The average Bonchev–Trinajstić information content (AvgIpc) is 2.43. The first kappa shape index (κ1) is 16.7. The molecular formula is C12H12Cl2FNO4. The van der Waals surface area contributed by atoms with Gasteiger partial charge in [-0.25, -0.2) is 9.18 Å². The van der Waals surface area contributed by atoms with Crippen LogP contribution < -0.4 is 5.32 Å². The maximum atomic E-state index is 12.9. The Morgan fingerprint density at radius 1 is 1.25 bits per heavy atom. The van der Waals surface area contributed by atoms with Crippen molar-refractivity contribution in [1.29, 1.82) is 0 Å². The van der Waals surface area contributed by atoms with Gasteiger partial charge in [0.25, 0.3) is 5.91 Å².